The van der Waals surface area contributed by atoms with Crippen molar-refractivity contribution in [2.75, 3.05) is 0 Å². The molecule has 0 radical (unpaired) electrons. The minimum atomic E-state index is -3.50. The molecule has 0 bridgehead atoms. The summed E-state index contributed by atoms with van der Waals surface area (Å²) in [5.41, 5.74) is 1.00. The Morgan fingerprint density at radius 1 is 1.21 bits per heavy atom. The molecule has 1 rings (SSSR count). The van der Waals surface area contributed by atoms with Gasteiger partial charge in [-0.25, -0.2) is 8.42 Å². The first kappa shape index (κ1) is 16.8. The summed E-state index contributed by atoms with van der Waals surface area (Å²) in [6.07, 6.45) is 0. The molecule has 14 heavy (non-hydrogen) atoms. The van der Waals surface area contributed by atoms with Gasteiger partial charge in [-0.2, -0.15) is 0 Å². The molecule has 76 valence electrons. The van der Waals surface area contributed by atoms with Crippen LogP contribution in [0.4, 0.5) is 0 Å². The van der Waals surface area contributed by atoms with E-state index in [1.54, 1.807) is 16.4 Å². The Morgan fingerprint density at radius 3 is 2.00 bits per heavy atom. The number of halogens is 1. The van der Waals surface area contributed by atoms with Gasteiger partial charge in [-0.1, -0.05) is 17.7 Å². The molecule has 0 amide bonds. The van der Waals surface area contributed by atoms with Crippen molar-refractivity contribution in [3.8, 4) is 0 Å². The van der Waals surface area contributed by atoms with Gasteiger partial charge in [0.1, 0.15) is 0 Å². The van der Waals surface area contributed by atoms with Crippen LogP contribution in [0.2, 0.25) is 0 Å². The average Bonchev–Trinajstić information content (AvgIpc) is 2.05. The van der Waals surface area contributed by atoms with E-state index in [1.807, 2.05) is 6.92 Å². The molecule has 0 aliphatic heterocycles. The van der Waals surface area contributed by atoms with Crippen molar-refractivity contribution in [1.82, 2.24) is 4.24 Å². The Balaban J connectivity index is 0. The van der Waals surface area contributed by atoms with Crippen molar-refractivity contribution in [2.24, 2.45) is 0 Å². The zero-order valence-electron chi connectivity index (χ0n) is 6.91. The number of sulfonamides is 1. The van der Waals surface area contributed by atoms with E-state index in [1.165, 1.54) is 12.1 Å². The molecule has 0 fully saturated rings. The summed E-state index contributed by atoms with van der Waals surface area (Å²) in [6, 6.07) is 6.42. The van der Waals surface area contributed by atoms with Crippen LogP contribution >= 0.6 is 11.8 Å². The molecule has 7 heteroatoms. The van der Waals surface area contributed by atoms with Gasteiger partial charge in [0.05, 0.1) is 4.90 Å². The van der Waals surface area contributed by atoms with Crippen molar-refractivity contribution >= 4 is 51.4 Å². The molecule has 4 nitrogen and oxygen atoms in total. The Morgan fingerprint density at radius 2 is 1.64 bits per heavy atom. The standard InChI is InChI=1S/C7H8ClNO2S.Na.H2O.H/c1-6-2-4-7(5-3-6)12(10,11)9-8;;;/h2-5,9H,1H3;;1H2;. The van der Waals surface area contributed by atoms with E-state index >= 15 is 0 Å². The number of hydrogen-bond donors (Lipinski definition) is 1. The van der Waals surface area contributed by atoms with Crippen LogP contribution in [0.15, 0.2) is 29.2 Å². The number of nitrogens with one attached hydrogen (secondary N) is 1. The van der Waals surface area contributed by atoms with E-state index < -0.39 is 10.0 Å². The first-order valence-electron chi connectivity index (χ1n) is 3.25. The minimum absolute atomic E-state index is 0. The fraction of sp³-hybridized carbons (Fsp3) is 0.143. The van der Waals surface area contributed by atoms with Crippen LogP contribution in [0, 0.1) is 6.92 Å². The van der Waals surface area contributed by atoms with Crippen LogP contribution in [0.5, 0.6) is 0 Å². The summed E-state index contributed by atoms with van der Waals surface area (Å²) >= 11 is 5.03. The second kappa shape index (κ2) is 6.79. The van der Waals surface area contributed by atoms with Gasteiger partial charge >= 0.3 is 29.6 Å². The monoisotopic (exact) mass is 247 g/mol. The van der Waals surface area contributed by atoms with Crippen LogP contribution in [-0.2, 0) is 10.0 Å². The van der Waals surface area contributed by atoms with Crippen molar-refractivity contribution in [3.63, 3.8) is 0 Å². The number of hydrogen-bond acceptors (Lipinski definition) is 2. The summed E-state index contributed by atoms with van der Waals surface area (Å²) in [7, 11) is -3.50. The molecule has 0 heterocycles. The molecule has 0 aromatic heterocycles. The van der Waals surface area contributed by atoms with Gasteiger partial charge in [-0.05, 0) is 30.8 Å². The third-order valence-electron chi connectivity index (χ3n) is 1.43. The molecule has 0 aliphatic carbocycles. The predicted octanol–water partition coefficient (Wildman–Crippen LogP) is -0.0461. The number of rotatable bonds is 2. The zero-order valence-corrected chi connectivity index (χ0v) is 8.48. The van der Waals surface area contributed by atoms with E-state index in [4.69, 9.17) is 11.8 Å². The van der Waals surface area contributed by atoms with Gasteiger partial charge in [0.25, 0.3) is 10.0 Å². The van der Waals surface area contributed by atoms with E-state index in [9.17, 15) is 8.42 Å². The molecule has 0 spiro atoms. The van der Waals surface area contributed by atoms with Crippen molar-refractivity contribution in [1.29, 1.82) is 0 Å². The van der Waals surface area contributed by atoms with Gasteiger partial charge < -0.3 is 5.48 Å². The molecule has 0 saturated heterocycles. The summed E-state index contributed by atoms with van der Waals surface area (Å²) < 4.78 is 23.9. The number of aryl methyl sites for hydroxylation is 1. The molecule has 0 unspecified atom stereocenters. The molecule has 1 aromatic carbocycles. The average molecular weight is 248 g/mol. The third kappa shape index (κ3) is 4.27. The van der Waals surface area contributed by atoms with Gasteiger partial charge in [0.2, 0.25) is 0 Å². The Bertz CT molecular complexity index is 365. The fourth-order valence-electron chi connectivity index (χ4n) is 0.762. The van der Waals surface area contributed by atoms with Crippen molar-refractivity contribution < 1.29 is 13.9 Å². The van der Waals surface area contributed by atoms with Crippen LogP contribution in [0.1, 0.15) is 5.56 Å². The Kier molecular flexibility index (Phi) is 8.15. The predicted molar refractivity (Wildman–Crippen MR) is 58.1 cm³/mol. The maximum absolute atomic E-state index is 11.1. The number of benzene rings is 1. The second-order valence-corrected chi connectivity index (χ2v) is 4.49. The SMILES string of the molecule is Cc1ccc(S(=O)(=O)NCl)cc1.O.[NaH]. The second-order valence-electron chi connectivity index (χ2n) is 2.39. The molecule has 1 aromatic rings. The molecule has 0 saturated carbocycles. The van der Waals surface area contributed by atoms with E-state index in [-0.39, 0.29) is 39.9 Å². The zero-order chi connectivity index (χ0) is 9.19. The van der Waals surface area contributed by atoms with Gasteiger partial charge in [-0.3, -0.25) is 0 Å². The molecule has 0 atom stereocenters. The van der Waals surface area contributed by atoms with E-state index in [2.05, 4.69) is 0 Å². The third-order valence-corrected chi connectivity index (χ3v) is 3.14. The van der Waals surface area contributed by atoms with Crippen LogP contribution < -0.4 is 4.24 Å². The summed E-state index contributed by atoms with van der Waals surface area (Å²) in [4.78, 5) is 0.170. The van der Waals surface area contributed by atoms with Gasteiger partial charge in [0, 0.05) is 0 Å². The summed E-state index contributed by atoms with van der Waals surface area (Å²) in [5, 5.41) is 0. The molecular formula is C7H11ClNNaO3S. The van der Waals surface area contributed by atoms with E-state index in [0.29, 0.717) is 0 Å². The first-order chi connectivity index (χ1) is 5.56. The summed E-state index contributed by atoms with van der Waals surface area (Å²) in [6.45, 7) is 1.88. The first-order valence-corrected chi connectivity index (χ1v) is 5.11. The van der Waals surface area contributed by atoms with E-state index in [0.717, 1.165) is 5.56 Å². The molecule has 0 aliphatic rings. The summed E-state index contributed by atoms with van der Waals surface area (Å²) in [5.74, 6) is 0. The van der Waals surface area contributed by atoms with Crippen molar-refractivity contribution in [3.05, 3.63) is 29.8 Å². The molecule has 3 N–H and O–H groups in total. The maximum atomic E-state index is 11.1. The van der Waals surface area contributed by atoms with Crippen LogP contribution in [0.25, 0.3) is 0 Å². The van der Waals surface area contributed by atoms with Gasteiger partial charge in [0.15, 0.2) is 0 Å². The fourth-order valence-corrected chi connectivity index (χ4v) is 1.61. The van der Waals surface area contributed by atoms with Crippen molar-refractivity contribution in [2.45, 2.75) is 11.8 Å². The molecular weight excluding hydrogens is 237 g/mol. The Hall–Kier alpha value is 0.380. The van der Waals surface area contributed by atoms with Crippen LogP contribution in [0.3, 0.4) is 0 Å². The van der Waals surface area contributed by atoms with Gasteiger partial charge in [-0.15, -0.1) is 4.24 Å². The topological polar surface area (TPSA) is 77.7 Å². The normalized spacial score (nSPS) is 9.86. The quantitative estimate of drug-likeness (QED) is 0.588. The Labute approximate surface area is 110 Å². The van der Waals surface area contributed by atoms with Crippen LogP contribution in [-0.4, -0.2) is 43.5 Å².